The molecular weight excluding hydrogens is 276 g/mol. The molecule has 4 nitrogen and oxygen atoms in total. The van der Waals surface area contributed by atoms with Crippen LogP contribution in [0.2, 0.25) is 0 Å². The Morgan fingerprint density at radius 3 is 2.73 bits per heavy atom. The number of allylic oxidation sites excluding steroid dienone is 3. The molecule has 0 radical (unpaired) electrons. The van der Waals surface area contributed by atoms with E-state index in [2.05, 4.69) is 30.9 Å². The van der Waals surface area contributed by atoms with Gasteiger partial charge in [-0.05, 0) is 49.9 Å². The van der Waals surface area contributed by atoms with Gasteiger partial charge < -0.3 is 10.3 Å². The van der Waals surface area contributed by atoms with E-state index in [1.54, 1.807) is 0 Å². The summed E-state index contributed by atoms with van der Waals surface area (Å²) in [6.07, 6.45) is 9.92. The molecule has 0 spiro atoms. The second-order valence-corrected chi connectivity index (χ2v) is 6.45. The van der Waals surface area contributed by atoms with E-state index < -0.39 is 0 Å². The van der Waals surface area contributed by atoms with Crippen LogP contribution in [0.1, 0.15) is 52.4 Å². The van der Waals surface area contributed by atoms with Gasteiger partial charge in [-0.25, -0.2) is 0 Å². The molecule has 0 aromatic heterocycles. The van der Waals surface area contributed by atoms with Gasteiger partial charge in [-0.2, -0.15) is 0 Å². The monoisotopic (exact) mass is 302 g/mol. The molecule has 3 rings (SSSR count). The molecule has 3 aliphatic rings. The van der Waals surface area contributed by atoms with Gasteiger partial charge in [0.25, 0.3) is 0 Å². The van der Waals surface area contributed by atoms with Crippen LogP contribution in [0.3, 0.4) is 0 Å². The van der Waals surface area contributed by atoms with Crippen LogP contribution < -0.4 is 0 Å². The highest BCUT2D eigenvalue weighted by Crippen LogP contribution is 2.42. The third-order valence-electron chi connectivity index (χ3n) is 4.95. The van der Waals surface area contributed by atoms with Gasteiger partial charge >= 0.3 is 5.90 Å². The van der Waals surface area contributed by atoms with Crippen LogP contribution in [0.5, 0.6) is 0 Å². The number of nitrogens with zero attached hydrogens (tertiary/aromatic N) is 2. The Balaban J connectivity index is 1.99. The first-order valence-electron chi connectivity index (χ1n) is 8.55. The van der Waals surface area contributed by atoms with Gasteiger partial charge in [0.2, 0.25) is 5.70 Å². The summed E-state index contributed by atoms with van der Waals surface area (Å²) in [6, 6.07) is 0.320. The highest BCUT2D eigenvalue weighted by molar-refractivity contribution is 5.78. The van der Waals surface area contributed by atoms with E-state index in [9.17, 15) is 10.3 Å². The minimum absolute atomic E-state index is 0.0472. The van der Waals surface area contributed by atoms with E-state index in [1.807, 2.05) is 0 Å². The number of rotatable bonds is 5. The third-order valence-corrected chi connectivity index (χ3v) is 4.95. The topological polar surface area (TPSA) is 49.5 Å². The van der Waals surface area contributed by atoms with Crippen molar-refractivity contribution in [2.75, 3.05) is 13.1 Å². The predicted octanol–water partition coefficient (Wildman–Crippen LogP) is 3.65. The van der Waals surface area contributed by atoms with Crippen LogP contribution in [0.4, 0.5) is 0 Å². The van der Waals surface area contributed by atoms with Crippen molar-refractivity contribution >= 4 is 5.90 Å². The molecule has 1 heterocycles. The highest BCUT2D eigenvalue weighted by atomic mass is 16.5. The van der Waals surface area contributed by atoms with Crippen molar-refractivity contribution in [1.82, 2.24) is 4.90 Å². The number of aliphatic hydroxyl groups is 1. The first-order chi connectivity index (χ1) is 10.7. The lowest BCUT2D eigenvalue weighted by Gasteiger charge is -2.37. The first-order valence-corrected chi connectivity index (χ1v) is 8.55. The fraction of sp³-hybridized carbons (Fsp3) is 0.611. The van der Waals surface area contributed by atoms with Gasteiger partial charge in [-0.3, -0.25) is 4.90 Å². The van der Waals surface area contributed by atoms with E-state index in [1.165, 1.54) is 11.1 Å². The fourth-order valence-corrected chi connectivity index (χ4v) is 4.04. The number of aliphatic hydroxyl groups excluding tert-OH is 1. The zero-order chi connectivity index (χ0) is 15.7. The smallest absolute Gasteiger partial charge is 0.355 e. The van der Waals surface area contributed by atoms with Crippen LogP contribution in [0, 0.1) is 5.21 Å². The quantitative estimate of drug-likeness (QED) is 0.623. The first kappa shape index (κ1) is 15.3. The number of fused-ring (bicyclic) bond motifs is 1. The fourth-order valence-electron chi connectivity index (χ4n) is 4.04. The third kappa shape index (κ3) is 2.50. The minimum atomic E-state index is -0.0472. The molecule has 22 heavy (non-hydrogen) atoms. The summed E-state index contributed by atoms with van der Waals surface area (Å²) in [5.41, 5.74) is 4.54. The molecule has 120 valence electrons. The summed E-state index contributed by atoms with van der Waals surface area (Å²) >= 11 is 0. The zero-order valence-corrected chi connectivity index (χ0v) is 13.6. The predicted molar refractivity (Wildman–Crippen MR) is 88.9 cm³/mol. The molecule has 0 saturated heterocycles. The van der Waals surface area contributed by atoms with Crippen molar-refractivity contribution in [2.24, 2.45) is 0 Å². The Hall–Kier alpha value is -1.55. The maximum absolute atomic E-state index is 12.2. The SMILES string of the molecule is CCCN(CCC)C1CC2=C(CC(O)=[N+]2[O-])C2=C1CCC=C2. The molecule has 0 aromatic carbocycles. The normalized spacial score (nSPS) is 24.4. The maximum Gasteiger partial charge on any atom is 0.355 e. The van der Waals surface area contributed by atoms with Crippen LogP contribution in [-0.4, -0.2) is 39.8 Å². The summed E-state index contributed by atoms with van der Waals surface area (Å²) in [5.74, 6) is -0.0472. The van der Waals surface area contributed by atoms with Gasteiger partial charge in [-0.15, -0.1) is 4.74 Å². The summed E-state index contributed by atoms with van der Waals surface area (Å²) in [7, 11) is 0. The molecule has 1 N–H and O–H groups in total. The van der Waals surface area contributed by atoms with Crippen LogP contribution in [-0.2, 0) is 0 Å². The van der Waals surface area contributed by atoms with Crippen molar-refractivity contribution < 1.29 is 9.85 Å². The molecule has 2 aliphatic carbocycles. The molecule has 0 bridgehead atoms. The molecule has 4 heteroatoms. The average molecular weight is 302 g/mol. The van der Waals surface area contributed by atoms with Crippen molar-refractivity contribution in [1.29, 1.82) is 0 Å². The van der Waals surface area contributed by atoms with Gasteiger partial charge in [-0.1, -0.05) is 26.0 Å². The lowest BCUT2D eigenvalue weighted by atomic mass is 9.79. The summed E-state index contributed by atoms with van der Waals surface area (Å²) in [4.78, 5) is 2.53. The van der Waals surface area contributed by atoms with Gasteiger partial charge in [0.05, 0.1) is 6.42 Å². The molecule has 0 amide bonds. The Labute approximate surface area is 132 Å². The van der Waals surface area contributed by atoms with E-state index in [-0.39, 0.29) is 5.90 Å². The Morgan fingerprint density at radius 2 is 2.05 bits per heavy atom. The van der Waals surface area contributed by atoms with Crippen LogP contribution >= 0.6 is 0 Å². The summed E-state index contributed by atoms with van der Waals surface area (Å²) in [6.45, 7) is 6.55. The molecule has 0 fully saturated rings. The van der Waals surface area contributed by atoms with Crippen molar-refractivity contribution in [2.45, 2.75) is 58.4 Å². The van der Waals surface area contributed by atoms with Crippen molar-refractivity contribution in [3.8, 4) is 0 Å². The molecule has 0 aromatic rings. The highest BCUT2D eigenvalue weighted by Gasteiger charge is 2.40. The largest absolute Gasteiger partial charge is 0.616 e. The lowest BCUT2D eigenvalue weighted by molar-refractivity contribution is -0.412. The van der Waals surface area contributed by atoms with Crippen LogP contribution in [0.15, 0.2) is 34.6 Å². The Morgan fingerprint density at radius 1 is 1.32 bits per heavy atom. The van der Waals surface area contributed by atoms with E-state index >= 15 is 0 Å². The maximum atomic E-state index is 12.2. The lowest BCUT2D eigenvalue weighted by Crippen LogP contribution is -2.41. The van der Waals surface area contributed by atoms with Gasteiger partial charge in [0, 0.05) is 11.6 Å². The van der Waals surface area contributed by atoms with Crippen LogP contribution in [0.25, 0.3) is 0 Å². The molecule has 1 atom stereocenters. The van der Waals surface area contributed by atoms with Gasteiger partial charge in [0.1, 0.15) is 6.42 Å². The molecule has 1 unspecified atom stereocenters. The number of hydrogen-bond donors (Lipinski definition) is 1. The van der Waals surface area contributed by atoms with E-state index in [0.29, 0.717) is 12.5 Å². The van der Waals surface area contributed by atoms with E-state index in [0.717, 1.165) is 61.2 Å². The molecular formula is C18H26N2O2. The van der Waals surface area contributed by atoms with Crippen molar-refractivity contribution in [3.05, 3.63) is 39.8 Å². The zero-order valence-electron chi connectivity index (χ0n) is 13.6. The number of hydroxylamine groups is 1. The molecule has 1 aliphatic heterocycles. The van der Waals surface area contributed by atoms with E-state index in [4.69, 9.17) is 0 Å². The van der Waals surface area contributed by atoms with Crippen molar-refractivity contribution in [3.63, 3.8) is 0 Å². The number of hydrogen-bond acceptors (Lipinski definition) is 2. The second kappa shape index (κ2) is 6.29. The standard InChI is InChI=1S/C18H26N2O2/c1-3-9-19(10-4-2)16-12-17-15(11-18(21)20(17)22)13-7-5-6-8-14(13)16/h5,7,16,21H,3-4,6,8-12H2,1-2H3. The Kier molecular flexibility index (Phi) is 4.39. The average Bonchev–Trinajstić information content (AvgIpc) is 2.82. The molecule has 0 saturated carbocycles. The summed E-state index contributed by atoms with van der Waals surface area (Å²) in [5, 5.41) is 22.1. The van der Waals surface area contributed by atoms with Gasteiger partial charge in [0.15, 0.2) is 0 Å². The Bertz CT molecular complexity index is 578. The summed E-state index contributed by atoms with van der Waals surface area (Å²) < 4.78 is 0.768. The minimum Gasteiger partial charge on any atom is -0.616 e. The second-order valence-electron chi connectivity index (χ2n) is 6.45.